The van der Waals surface area contributed by atoms with Crippen LogP contribution in [0.25, 0.3) is 0 Å². The van der Waals surface area contributed by atoms with E-state index in [1.165, 1.54) is 12.8 Å². The molecular formula is C8H17NO. The first-order valence-corrected chi connectivity index (χ1v) is 4.13. The third-order valence-corrected chi connectivity index (χ3v) is 2.14. The van der Waals surface area contributed by atoms with Gasteiger partial charge in [0.05, 0.1) is 6.10 Å². The lowest BCUT2D eigenvalue weighted by atomic mass is 10.1. The molecule has 0 amide bonds. The highest BCUT2D eigenvalue weighted by Gasteiger charge is 2.32. The van der Waals surface area contributed by atoms with Gasteiger partial charge in [-0.2, -0.15) is 0 Å². The van der Waals surface area contributed by atoms with E-state index in [-0.39, 0.29) is 12.1 Å². The first-order valence-electron chi connectivity index (χ1n) is 4.13. The second-order valence-electron chi connectivity index (χ2n) is 3.08. The summed E-state index contributed by atoms with van der Waals surface area (Å²) in [6, 6.07) is 0.278. The molecule has 1 aliphatic carbocycles. The van der Waals surface area contributed by atoms with Crippen LogP contribution in [0.5, 0.6) is 0 Å². The molecule has 0 bridgehead atoms. The van der Waals surface area contributed by atoms with Crippen molar-refractivity contribution in [2.24, 2.45) is 11.7 Å². The first kappa shape index (κ1) is 8.02. The highest BCUT2D eigenvalue weighted by atomic mass is 16.5. The molecule has 0 spiro atoms. The average Bonchev–Trinajstić information content (AvgIpc) is 2.68. The Kier molecular flexibility index (Phi) is 2.69. The summed E-state index contributed by atoms with van der Waals surface area (Å²) in [7, 11) is 0. The fraction of sp³-hybridized carbons (Fsp3) is 1.00. The lowest BCUT2D eigenvalue weighted by Crippen LogP contribution is -2.36. The van der Waals surface area contributed by atoms with Crippen LogP contribution >= 0.6 is 0 Å². The van der Waals surface area contributed by atoms with Crippen molar-refractivity contribution in [2.45, 2.75) is 38.8 Å². The van der Waals surface area contributed by atoms with Crippen LogP contribution in [0.2, 0.25) is 0 Å². The molecule has 0 saturated heterocycles. The van der Waals surface area contributed by atoms with Crippen LogP contribution in [-0.4, -0.2) is 18.8 Å². The Balaban J connectivity index is 2.17. The maximum absolute atomic E-state index is 5.88. The van der Waals surface area contributed by atoms with Crippen molar-refractivity contribution >= 4 is 0 Å². The number of hydrogen-bond acceptors (Lipinski definition) is 2. The van der Waals surface area contributed by atoms with E-state index in [0.717, 1.165) is 12.5 Å². The van der Waals surface area contributed by atoms with Gasteiger partial charge in [-0.1, -0.05) is 0 Å². The molecule has 0 aromatic rings. The predicted octanol–water partition coefficient (Wildman–Crippen LogP) is 1.15. The quantitative estimate of drug-likeness (QED) is 0.640. The molecule has 2 nitrogen and oxygen atoms in total. The molecule has 2 heteroatoms. The molecule has 0 radical (unpaired) electrons. The Hall–Kier alpha value is -0.0800. The van der Waals surface area contributed by atoms with Crippen LogP contribution in [-0.2, 0) is 4.74 Å². The fourth-order valence-corrected chi connectivity index (χ4v) is 1.24. The van der Waals surface area contributed by atoms with Crippen molar-refractivity contribution in [3.63, 3.8) is 0 Å². The highest BCUT2D eigenvalue weighted by Crippen LogP contribution is 2.33. The van der Waals surface area contributed by atoms with E-state index in [9.17, 15) is 0 Å². The third kappa shape index (κ3) is 1.96. The summed E-state index contributed by atoms with van der Waals surface area (Å²) in [6.45, 7) is 4.85. The van der Waals surface area contributed by atoms with Crippen molar-refractivity contribution in [1.82, 2.24) is 0 Å². The van der Waals surface area contributed by atoms with E-state index in [4.69, 9.17) is 10.5 Å². The molecule has 1 saturated carbocycles. The number of rotatable bonds is 4. The minimum absolute atomic E-state index is 0.248. The molecule has 1 aliphatic rings. The summed E-state index contributed by atoms with van der Waals surface area (Å²) < 4.78 is 5.38. The van der Waals surface area contributed by atoms with Gasteiger partial charge < -0.3 is 10.5 Å². The van der Waals surface area contributed by atoms with Crippen molar-refractivity contribution in [1.29, 1.82) is 0 Å². The van der Waals surface area contributed by atoms with Crippen LogP contribution in [0.15, 0.2) is 0 Å². The Labute approximate surface area is 62.7 Å². The molecule has 0 aromatic heterocycles. The largest absolute Gasteiger partial charge is 0.377 e. The first-order chi connectivity index (χ1) is 4.75. The van der Waals surface area contributed by atoms with E-state index in [1.807, 2.05) is 6.92 Å². The molecule has 60 valence electrons. The second kappa shape index (κ2) is 3.35. The van der Waals surface area contributed by atoms with Gasteiger partial charge in [0, 0.05) is 12.6 Å². The minimum Gasteiger partial charge on any atom is -0.377 e. The molecule has 10 heavy (non-hydrogen) atoms. The Morgan fingerprint density at radius 3 is 2.60 bits per heavy atom. The zero-order chi connectivity index (χ0) is 7.56. The maximum Gasteiger partial charge on any atom is 0.0700 e. The summed E-state index contributed by atoms with van der Waals surface area (Å²) >= 11 is 0. The van der Waals surface area contributed by atoms with Gasteiger partial charge in [0.1, 0.15) is 0 Å². The van der Waals surface area contributed by atoms with Gasteiger partial charge in [-0.05, 0) is 32.6 Å². The lowest BCUT2D eigenvalue weighted by Gasteiger charge is -2.18. The summed E-state index contributed by atoms with van der Waals surface area (Å²) in [5.41, 5.74) is 5.88. The number of ether oxygens (including phenoxy) is 1. The Morgan fingerprint density at radius 1 is 1.60 bits per heavy atom. The molecule has 0 heterocycles. The van der Waals surface area contributed by atoms with Gasteiger partial charge in [0.2, 0.25) is 0 Å². The Bertz CT molecular complexity index is 101. The molecule has 0 aliphatic heterocycles. The van der Waals surface area contributed by atoms with Gasteiger partial charge in [0.25, 0.3) is 0 Å². The minimum atomic E-state index is 0.248. The van der Waals surface area contributed by atoms with E-state index >= 15 is 0 Å². The molecule has 2 atom stereocenters. The van der Waals surface area contributed by atoms with Crippen LogP contribution in [0.4, 0.5) is 0 Å². The van der Waals surface area contributed by atoms with E-state index in [2.05, 4.69) is 6.92 Å². The Morgan fingerprint density at radius 2 is 2.20 bits per heavy atom. The van der Waals surface area contributed by atoms with Crippen LogP contribution in [0.3, 0.4) is 0 Å². The zero-order valence-corrected chi connectivity index (χ0v) is 6.84. The third-order valence-electron chi connectivity index (χ3n) is 2.14. The normalized spacial score (nSPS) is 24.3. The van der Waals surface area contributed by atoms with Crippen molar-refractivity contribution in [3.8, 4) is 0 Å². The number of nitrogens with two attached hydrogens (primary N) is 1. The molecule has 0 aromatic carbocycles. The van der Waals surface area contributed by atoms with Crippen LogP contribution in [0.1, 0.15) is 26.7 Å². The van der Waals surface area contributed by atoms with E-state index in [1.54, 1.807) is 0 Å². The standard InChI is InChI=1S/C8H17NO/c1-3-10-6(2)8(9)7-4-5-7/h6-8H,3-5,9H2,1-2H3. The second-order valence-corrected chi connectivity index (χ2v) is 3.08. The van der Waals surface area contributed by atoms with E-state index in [0.29, 0.717) is 0 Å². The highest BCUT2D eigenvalue weighted by molar-refractivity contribution is 4.87. The lowest BCUT2D eigenvalue weighted by molar-refractivity contribution is 0.0524. The summed E-state index contributed by atoms with van der Waals surface area (Å²) in [4.78, 5) is 0. The van der Waals surface area contributed by atoms with Crippen molar-refractivity contribution in [3.05, 3.63) is 0 Å². The zero-order valence-electron chi connectivity index (χ0n) is 6.84. The van der Waals surface area contributed by atoms with E-state index < -0.39 is 0 Å². The van der Waals surface area contributed by atoms with Crippen LogP contribution < -0.4 is 5.73 Å². The molecular weight excluding hydrogens is 126 g/mol. The van der Waals surface area contributed by atoms with Gasteiger partial charge in [0.15, 0.2) is 0 Å². The molecule has 2 N–H and O–H groups in total. The molecule has 1 rings (SSSR count). The maximum atomic E-state index is 5.88. The van der Waals surface area contributed by atoms with Crippen molar-refractivity contribution in [2.75, 3.05) is 6.61 Å². The monoisotopic (exact) mass is 143 g/mol. The fourth-order valence-electron chi connectivity index (χ4n) is 1.24. The van der Waals surface area contributed by atoms with Gasteiger partial charge in [-0.25, -0.2) is 0 Å². The van der Waals surface area contributed by atoms with Gasteiger partial charge in [-0.15, -0.1) is 0 Å². The van der Waals surface area contributed by atoms with Gasteiger partial charge in [-0.3, -0.25) is 0 Å². The summed E-state index contributed by atoms with van der Waals surface area (Å²) in [5, 5.41) is 0. The summed E-state index contributed by atoms with van der Waals surface area (Å²) in [6.07, 6.45) is 2.86. The molecule has 2 unspecified atom stereocenters. The van der Waals surface area contributed by atoms with Gasteiger partial charge >= 0.3 is 0 Å². The smallest absolute Gasteiger partial charge is 0.0700 e. The SMILES string of the molecule is CCOC(C)C(N)C1CC1. The summed E-state index contributed by atoms with van der Waals surface area (Å²) in [5.74, 6) is 0.751. The van der Waals surface area contributed by atoms with Crippen LogP contribution in [0, 0.1) is 5.92 Å². The molecule has 1 fully saturated rings. The topological polar surface area (TPSA) is 35.2 Å². The van der Waals surface area contributed by atoms with Crippen molar-refractivity contribution < 1.29 is 4.74 Å². The number of hydrogen-bond donors (Lipinski definition) is 1. The predicted molar refractivity (Wildman–Crippen MR) is 41.8 cm³/mol. The average molecular weight is 143 g/mol.